The lowest BCUT2D eigenvalue weighted by Crippen LogP contribution is -2.49. The second-order valence-electron chi connectivity index (χ2n) is 8.04. The van der Waals surface area contributed by atoms with Gasteiger partial charge in [0.05, 0.1) is 8.07 Å². The monoisotopic (exact) mass is 402 g/mol. The Kier molecular flexibility index (Phi) is 6.65. The highest BCUT2D eigenvalue weighted by atomic mass is 28.3. The molecule has 1 aliphatic rings. The van der Waals surface area contributed by atoms with E-state index in [1.165, 1.54) is 42.6 Å². The fourth-order valence-corrected chi connectivity index (χ4v) is 9.97. The molecule has 0 bridgehead atoms. The summed E-state index contributed by atoms with van der Waals surface area (Å²) in [6, 6.07) is 16.8. The van der Waals surface area contributed by atoms with Gasteiger partial charge in [-0.05, 0) is 36.5 Å². The Morgan fingerprint density at radius 2 is 1.68 bits per heavy atom. The molecule has 150 valence electrons. The second kappa shape index (κ2) is 8.99. The summed E-state index contributed by atoms with van der Waals surface area (Å²) in [4.78, 5) is 11.0. The molecular weight excluding hydrogens is 374 g/mol. The van der Waals surface area contributed by atoms with Gasteiger partial charge in [0.15, 0.2) is 0 Å². The predicted molar refractivity (Wildman–Crippen MR) is 111 cm³/mol. The topological polar surface area (TPSA) is 37.3 Å². The lowest BCUT2D eigenvalue weighted by molar-refractivity contribution is 0.0686. The van der Waals surface area contributed by atoms with Crippen molar-refractivity contribution < 1.29 is 18.7 Å². The maximum Gasteiger partial charge on any atom is 0.341 e. The molecule has 1 saturated heterocycles. The first-order valence-electron chi connectivity index (χ1n) is 10.2. The van der Waals surface area contributed by atoms with Gasteiger partial charge in [0.25, 0.3) is 0 Å². The van der Waals surface area contributed by atoms with Crippen molar-refractivity contribution in [1.82, 2.24) is 0 Å². The van der Waals surface area contributed by atoms with Crippen molar-refractivity contribution in [2.45, 2.75) is 63.1 Å². The number of carboxylic acids is 1. The lowest BCUT2D eigenvalue weighted by atomic mass is 9.92. The van der Waals surface area contributed by atoms with Crippen molar-refractivity contribution in [3.63, 3.8) is 0 Å². The zero-order valence-corrected chi connectivity index (χ0v) is 17.4. The molecule has 2 aromatic carbocycles. The molecule has 2 aromatic rings. The smallest absolute Gasteiger partial charge is 0.341 e. The standard InChI is InChI=1S/C23H28F2O2Si/c1-2-3-7-12-28(19-8-5-4-6-9-19)13-10-17(11-14-28)18-15-20(24)22(23(26)27)21(25)16-18/h4-6,8-9,15-17H,2-3,7,10-14H2,1H3,(H,26,27). The van der Waals surface area contributed by atoms with Gasteiger partial charge >= 0.3 is 5.97 Å². The van der Waals surface area contributed by atoms with E-state index in [0.29, 0.717) is 5.56 Å². The van der Waals surface area contributed by atoms with Crippen LogP contribution in [0.5, 0.6) is 0 Å². The molecule has 0 aliphatic carbocycles. The molecule has 0 radical (unpaired) electrons. The number of carbonyl (C=O) groups is 1. The van der Waals surface area contributed by atoms with Crippen molar-refractivity contribution in [1.29, 1.82) is 0 Å². The molecule has 2 nitrogen and oxygen atoms in total. The maximum atomic E-state index is 14.1. The zero-order chi connectivity index (χ0) is 20.1. The van der Waals surface area contributed by atoms with Crippen LogP contribution < -0.4 is 5.19 Å². The number of aromatic carboxylic acids is 1. The van der Waals surface area contributed by atoms with E-state index >= 15 is 0 Å². The van der Waals surface area contributed by atoms with Crippen LogP contribution in [0.4, 0.5) is 8.78 Å². The van der Waals surface area contributed by atoms with E-state index in [-0.39, 0.29) is 5.92 Å². The predicted octanol–water partition coefficient (Wildman–Crippen LogP) is 6.09. The normalized spacial score (nSPS) is 22.2. The van der Waals surface area contributed by atoms with Gasteiger partial charge in [-0.3, -0.25) is 0 Å². The summed E-state index contributed by atoms with van der Waals surface area (Å²) in [6.45, 7) is 2.22. The minimum Gasteiger partial charge on any atom is -0.477 e. The van der Waals surface area contributed by atoms with Gasteiger partial charge in [-0.2, -0.15) is 0 Å². The molecule has 0 atom stereocenters. The maximum absolute atomic E-state index is 14.1. The number of carboxylic acid groups (broad SMARTS) is 1. The SMILES string of the molecule is CCCCC[Si]1(c2ccccc2)CCC(c2cc(F)c(C(=O)O)c(F)c2)CC1. The van der Waals surface area contributed by atoms with Crippen molar-refractivity contribution in [3.8, 4) is 0 Å². The average molecular weight is 403 g/mol. The number of hydrogen-bond donors (Lipinski definition) is 1. The van der Waals surface area contributed by atoms with Crippen molar-refractivity contribution in [2.24, 2.45) is 0 Å². The van der Waals surface area contributed by atoms with Crippen LogP contribution in [-0.4, -0.2) is 19.1 Å². The third-order valence-corrected chi connectivity index (χ3v) is 11.7. The zero-order valence-electron chi connectivity index (χ0n) is 16.4. The summed E-state index contributed by atoms with van der Waals surface area (Å²) < 4.78 is 28.3. The molecule has 1 fully saturated rings. The van der Waals surface area contributed by atoms with Crippen molar-refractivity contribution >= 4 is 19.2 Å². The molecule has 1 N–H and O–H groups in total. The Hall–Kier alpha value is -2.01. The van der Waals surface area contributed by atoms with Crippen LogP contribution in [0.25, 0.3) is 0 Å². The summed E-state index contributed by atoms with van der Waals surface area (Å²) in [6.07, 6.45) is 5.53. The highest BCUT2D eigenvalue weighted by molar-refractivity contribution is 6.92. The summed E-state index contributed by atoms with van der Waals surface area (Å²) >= 11 is 0. The van der Waals surface area contributed by atoms with Gasteiger partial charge in [-0.1, -0.05) is 79.8 Å². The molecule has 0 aromatic heterocycles. The molecule has 28 heavy (non-hydrogen) atoms. The number of unbranched alkanes of at least 4 members (excludes halogenated alkanes) is 2. The summed E-state index contributed by atoms with van der Waals surface area (Å²) in [7, 11) is -1.61. The van der Waals surface area contributed by atoms with Gasteiger partial charge in [0, 0.05) is 0 Å². The van der Waals surface area contributed by atoms with Crippen molar-refractivity contribution in [2.75, 3.05) is 0 Å². The highest BCUT2D eigenvalue weighted by Gasteiger charge is 2.39. The van der Waals surface area contributed by atoms with Gasteiger partial charge in [-0.15, -0.1) is 0 Å². The van der Waals surface area contributed by atoms with Gasteiger partial charge in [-0.25, -0.2) is 13.6 Å². The van der Waals surface area contributed by atoms with E-state index in [4.69, 9.17) is 5.11 Å². The van der Waals surface area contributed by atoms with E-state index in [1.54, 1.807) is 0 Å². The molecule has 0 amide bonds. The molecule has 0 spiro atoms. The number of benzene rings is 2. The quantitative estimate of drug-likeness (QED) is 0.450. The number of hydrogen-bond acceptors (Lipinski definition) is 1. The molecular formula is C23H28F2O2Si. The van der Waals surface area contributed by atoms with Crippen LogP contribution in [0.3, 0.4) is 0 Å². The first-order chi connectivity index (χ1) is 13.5. The van der Waals surface area contributed by atoms with Gasteiger partial charge < -0.3 is 5.11 Å². The molecule has 0 unspecified atom stereocenters. The van der Waals surface area contributed by atoms with Crippen LogP contribution in [0.2, 0.25) is 18.1 Å². The fourth-order valence-electron chi connectivity index (χ4n) is 4.72. The Morgan fingerprint density at radius 3 is 2.21 bits per heavy atom. The molecule has 1 heterocycles. The molecule has 0 saturated carbocycles. The van der Waals surface area contributed by atoms with Crippen LogP contribution >= 0.6 is 0 Å². The Morgan fingerprint density at radius 1 is 1.07 bits per heavy atom. The van der Waals surface area contributed by atoms with Crippen LogP contribution in [0.15, 0.2) is 42.5 Å². The van der Waals surface area contributed by atoms with Crippen molar-refractivity contribution in [3.05, 3.63) is 65.2 Å². The van der Waals surface area contributed by atoms with E-state index < -0.39 is 31.2 Å². The lowest BCUT2D eigenvalue weighted by Gasteiger charge is -2.39. The Balaban J connectivity index is 1.80. The second-order valence-corrected chi connectivity index (χ2v) is 12.7. The van der Waals surface area contributed by atoms with Gasteiger partial charge in [0.2, 0.25) is 0 Å². The average Bonchev–Trinajstić information content (AvgIpc) is 2.68. The first-order valence-corrected chi connectivity index (χ1v) is 12.9. The van der Waals surface area contributed by atoms with Crippen LogP contribution in [-0.2, 0) is 0 Å². The third-order valence-electron chi connectivity index (χ3n) is 6.34. The minimum atomic E-state index is -1.61. The first kappa shape index (κ1) is 20.7. The summed E-state index contributed by atoms with van der Waals surface area (Å²) in [5.41, 5.74) is -0.253. The van der Waals surface area contributed by atoms with E-state index in [1.807, 2.05) is 0 Å². The number of rotatable bonds is 7. The third kappa shape index (κ3) is 4.35. The Labute approximate surface area is 166 Å². The largest absolute Gasteiger partial charge is 0.477 e. The summed E-state index contributed by atoms with van der Waals surface area (Å²) in [5.74, 6) is -3.40. The van der Waals surface area contributed by atoms with E-state index in [9.17, 15) is 13.6 Å². The van der Waals surface area contributed by atoms with Crippen LogP contribution in [0.1, 0.15) is 60.9 Å². The van der Waals surface area contributed by atoms with Crippen LogP contribution in [0, 0.1) is 11.6 Å². The highest BCUT2D eigenvalue weighted by Crippen LogP contribution is 2.41. The molecule has 1 aliphatic heterocycles. The van der Waals surface area contributed by atoms with Gasteiger partial charge in [0.1, 0.15) is 17.2 Å². The summed E-state index contributed by atoms with van der Waals surface area (Å²) in [5, 5.41) is 10.5. The Bertz CT molecular complexity index is 792. The fraction of sp³-hybridized carbons (Fsp3) is 0.435. The van der Waals surface area contributed by atoms with E-state index in [0.717, 1.165) is 24.9 Å². The number of halogens is 2. The molecule has 3 rings (SSSR count). The molecule has 5 heteroatoms. The van der Waals surface area contributed by atoms with E-state index in [2.05, 4.69) is 37.3 Å². The minimum absolute atomic E-state index is 0.0994.